The minimum atomic E-state index is -0.415. The van der Waals surface area contributed by atoms with Crippen LogP contribution in [0.5, 0.6) is 0 Å². The monoisotopic (exact) mass is 226 g/mol. The van der Waals surface area contributed by atoms with Gasteiger partial charge in [0.2, 0.25) is 0 Å². The smallest absolute Gasteiger partial charge is 0.333 e. The van der Waals surface area contributed by atoms with Crippen LogP contribution >= 0.6 is 0 Å². The van der Waals surface area contributed by atoms with Crippen molar-refractivity contribution in [1.82, 2.24) is 0 Å². The molecular weight excluding hydrogens is 208 g/mol. The van der Waals surface area contributed by atoms with Crippen LogP contribution in [0.3, 0.4) is 0 Å². The second-order valence-corrected chi connectivity index (χ2v) is 3.31. The summed E-state index contributed by atoms with van der Waals surface area (Å²) in [5.74, 6) is -0.754. The van der Waals surface area contributed by atoms with Crippen molar-refractivity contribution in [3.8, 4) is 0 Å². The average molecular weight is 226 g/mol. The molecule has 0 fully saturated rings. The summed E-state index contributed by atoms with van der Waals surface area (Å²) in [6.07, 6.45) is 2.17. The minimum absolute atomic E-state index is 0.239. The number of hydrogen-bond acceptors (Lipinski definition) is 4. The van der Waals surface area contributed by atoms with Crippen molar-refractivity contribution >= 4 is 11.9 Å². The van der Waals surface area contributed by atoms with Crippen LogP contribution in [-0.2, 0) is 19.1 Å². The molecule has 0 aromatic heterocycles. The molecule has 0 spiro atoms. The molecular formula is C12H18O4. The zero-order valence-corrected chi connectivity index (χ0v) is 10.0. The van der Waals surface area contributed by atoms with Crippen LogP contribution in [0, 0.1) is 0 Å². The maximum atomic E-state index is 11.2. The summed E-state index contributed by atoms with van der Waals surface area (Å²) in [6.45, 7) is 9.05. The Morgan fingerprint density at radius 3 is 2.31 bits per heavy atom. The Morgan fingerprint density at radius 1 is 1.19 bits per heavy atom. The first-order valence-electron chi connectivity index (χ1n) is 5.15. The topological polar surface area (TPSA) is 52.6 Å². The number of carbonyl (C=O) groups excluding carboxylic acids is 2. The Morgan fingerprint density at radius 2 is 1.81 bits per heavy atom. The van der Waals surface area contributed by atoms with Crippen molar-refractivity contribution in [1.29, 1.82) is 0 Å². The van der Waals surface area contributed by atoms with Crippen LogP contribution in [0.1, 0.15) is 27.2 Å². The molecule has 4 nitrogen and oxygen atoms in total. The third-order valence-electron chi connectivity index (χ3n) is 1.75. The summed E-state index contributed by atoms with van der Waals surface area (Å²) in [6, 6.07) is 0. The third-order valence-corrected chi connectivity index (χ3v) is 1.75. The highest BCUT2D eigenvalue weighted by Crippen LogP contribution is 2.00. The van der Waals surface area contributed by atoms with Gasteiger partial charge in [-0.2, -0.15) is 0 Å². The van der Waals surface area contributed by atoms with Gasteiger partial charge >= 0.3 is 11.9 Å². The van der Waals surface area contributed by atoms with E-state index < -0.39 is 5.97 Å². The highest BCUT2D eigenvalue weighted by Gasteiger charge is 2.04. The number of ether oxygens (including phenoxy) is 2. The van der Waals surface area contributed by atoms with Gasteiger partial charge in [0.25, 0.3) is 0 Å². The number of rotatable bonds is 6. The molecule has 0 saturated heterocycles. The molecule has 0 heterocycles. The second kappa shape index (κ2) is 7.68. The standard InChI is InChI=1S/C12H18O4/c1-5-15-12(14)10(4)7-6-8-16-11(13)9(2)3/h7H,2,5-6,8H2,1,3-4H3. The van der Waals surface area contributed by atoms with Gasteiger partial charge in [-0.25, -0.2) is 9.59 Å². The fourth-order valence-electron chi connectivity index (χ4n) is 0.879. The zero-order chi connectivity index (χ0) is 12.6. The molecule has 0 bridgehead atoms. The minimum Gasteiger partial charge on any atom is -0.463 e. The van der Waals surface area contributed by atoms with E-state index in [-0.39, 0.29) is 12.6 Å². The van der Waals surface area contributed by atoms with Gasteiger partial charge in [-0.05, 0) is 20.8 Å². The molecule has 0 amide bonds. The van der Waals surface area contributed by atoms with E-state index in [1.807, 2.05) is 0 Å². The van der Waals surface area contributed by atoms with Gasteiger partial charge in [0.05, 0.1) is 13.2 Å². The Kier molecular flexibility index (Phi) is 6.92. The van der Waals surface area contributed by atoms with Crippen molar-refractivity contribution in [2.45, 2.75) is 27.2 Å². The molecule has 90 valence electrons. The molecule has 0 rings (SSSR count). The Hall–Kier alpha value is -1.58. The molecule has 4 heteroatoms. The lowest BCUT2D eigenvalue weighted by molar-refractivity contribution is -0.139. The Bertz CT molecular complexity index is 302. The van der Waals surface area contributed by atoms with Crippen molar-refractivity contribution in [2.24, 2.45) is 0 Å². The first-order chi connectivity index (χ1) is 7.49. The van der Waals surface area contributed by atoms with Crippen LogP contribution in [0.4, 0.5) is 0 Å². The van der Waals surface area contributed by atoms with Gasteiger partial charge in [0.15, 0.2) is 0 Å². The van der Waals surface area contributed by atoms with Gasteiger partial charge in [0, 0.05) is 17.6 Å². The largest absolute Gasteiger partial charge is 0.463 e. The first-order valence-corrected chi connectivity index (χ1v) is 5.15. The summed E-state index contributed by atoms with van der Waals surface area (Å²) in [5, 5.41) is 0. The maximum absolute atomic E-state index is 11.2. The van der Waals surface area contributed by atoms with Gasteiger partial charge in [-0.3, -0.25) is 0 Å². The van der Waals surface area contributed by atoms with Crippen molar-refractivity contribution in [2.75, 3.05) is 13.2 Å². The number of hydrogen-bond donors (Lipinski definition) is 0. The van der Waals surface area contributed by atoms with E-state index in [1.165, 1.54) is 0 Å². The molecule has 0 aliphatic heterocycles. The summed E-state index contributed by atoms with van der Waals surface area (Å²) in [5.41, 5.74) is 0.888. The molecule has 0 aliphatic rings. The fourth-order valence-corrected chi connectivity index (χ4v) is 0.879. The van der Waals surface area contributed by atoms with Crippen LogP contribution < -0.4 is 0 Å². The molecule has 0 radical (unpaired) electrons. The van der Waals surface area contributed by atoms with E-state index >= 15 is 0 Å². The van der Waals surface area contributed by atoms with Gasteiger partial charge < -0.3 is 9.47 Å². The second-order valence-electron chi connectivity index (χ2n) is 3.31. The van der Waals surface area contributed by atoms with Crippen molar-refractivity contribution < 1.29 is 19.1 Å². The van der Waals surface area contributed by atoms with E-state index in [0.29, 0.717) is 24.2 Å². The molecule has 0 saturated carbocycles. The summed E-state index contributed by atoms with van der Waals surface area (Å²) in [7, 11) is 0. The molecule has 0 aliphatic carbocycles. The lowest BCUT2D eigenvalue weighted by Gasteiger charge is -2.03. The lowest BCUT2D eigenvalue weighted by atomic mass is 10.2. The molecule has 0 aromatic carbocycles. The van der Waals surface area contributed by atoms with Gasteiger partial charge in [-0.1, -0.05) is 12.7 Å². The number of carbonyl (C=O) groups is 2. The molecule has 16 heavy (non-hydrogen) atoms. The lowest BCUT2D eigenvalue weighted by Crippen LogP contribution is -2.07. The normalized spacial score (nSPS) is 10.8. The van der Waals surface area contributed by atoms with Crippen LogP contribution in [-0.4, -0.2) is 25.2 Å². The fraction of sp³-hybridized carbons (Fsp3) is 0.500. The SMILES string of the molecule is C=C(C)C(=O)OCCC=C(C)C(=O)OCC. The highest BCUT2D eigenvalue weighted by atomic mass is 16.5. The van der Waals surface area contributed by atoms with Crippen LogP contribution in [0.25, 0.3) is 0 Å². The summed E-state index contributed by atoms with van der Waals surface area (Å²) < 4.78 is 9.65. The van der Waals surface area contributed by atoms with Crippen molar-refractivity contribution in [3.05, 3.63) is 23.8 Å². The van der Waals surface area contributed by atoms with E-state index in [9.17, 15) is 9.59 Å². The molecule has 0 unspecified atom stereocenters. The van der Waals surface area contributed by atoms with E-state index in [4.69, 9.17) is 9.47 Å². The van der Waals surface area contributed by atoms with Crippen molar-refractivity contribution in [3.63, 3.8) is 0 Å². The summed E-state index contributed by atoms with van der Waals surface area (Å²) in [4.78, 5) is 22.2. The molecule has 0 atom stereocenters. The zero-order valence-electron chi connectivity index (χ0n) is 10.0. The quantitative estimate of drug-likeness (QED) is 0.395. The van der Waals surface area contributed by atoms with Gasteiger partial charge in [-0.15, -0.1) is 0 Å². The van der Waals surface area contributed by atoms with E-state index in [2.05, 4.69) is 6.58 Å². The summed E-state index contributed by atoms with van der Waals surface area (Å²) >= 11 is 0. The Labute approximate surface area is 95.9 Å². The van der Waals surface area contributed by atoms with Crippen LogP contribution in [0.2, 0.25) is 0 Å². The maximum Gasteiger partial charge on any atom is 0.333 e. The van der Waals surface area contributed by atoms with Gasteiger partial charge in [0.1, 0.15) is 0 Å². The molecule has 0 aromatic rings. The predicted octanol–water partition coefficient (Wildman–Crippen LogP) is 2.01. The third kappa shape index (κ3) is 6.01. The van der Waals surface area contributed by atoms with E-state index in [1.54, 1.807) is 26.8 Å². The Balaban J connectivity index is 3.87. The first kappa shape index (κ1) is 14.4. The van der Waals surface area contributed by atoms with Crippen LogP contribution in [0.15, 0.2) is 23.8 Å². The highest BCUT2D eigenvalue weighted by molar-refractivity contribution is 5.88. The average Bonchev–Trinajstić information content (AvgIpc) is 2.23. The predicted molar refractivity (Wildman–Crippen MR) is 60.8 cm³/mol. The number of esters is 2. The van der Waals surface area contributed by atoms with E-state index in [0.717, 1.165) is 0 Å². The molecule has 0 N–H and O–H groups in total.